The molecule has 6 nitrogen and oxygen atoms in total. The van der Waals surface area contributed by atoms with Crippen molar-refractivity contribution in [1.82, 2.24) is 10.1 Å². The van der Waals surface area contributed by atoms with Crippen LogP contribution in [0.5, 0.6) is 5.75 Å². The van der Waals surface area contributed by atoms with Crippen LogP contribution >= 0.6 is 11.6 Å². The third-order valence-electron chi connectivity index (χ3n) is 4.24. The van der Waals surface area contributed by atoms with Gasteiger partial charge in [-0.25, -0.2) is 0 Å². The first-order valence-electron chi connectivity index (χ1n) is 8.75. The lowest BCUT2D eigenvalue weighted by Gasteiger charge is -2.21. The van der Waals surface area contributed by atoms with Crippen molar-refractivity contribution in [3.05, 3.63) is 70.9 Å². The van der Waals surface area contributed by atoms with Gasteiger partial charge in [0.05, 0.1) is 36.4 Å². The number of hydrogen-bond acceptors (Lipinski definition) is 5. The monoisotopic (exact) mass is 400 g/mol. The first-order valence-corrected chi connectivity index (χ1v) is 9.13. The lowest BCUT2D eigenvalue weighted by molar-refractivity contribution is 0.0676. The molecule has 1 heterocycles. The summed E-state index contributed by atoms with van der Waals surface area (Å²) in [5.41, 5.74) is 1.86. The molecule has 3 rings (SSSR count). The largest absolute Gasteiger partial charge is 0.496 e. The van der Waals surface area contributed by atoms with E-state index in [1.54, 1.807) is 49.5 Å². The lowest BCUT2D eigenvalue weighted by atomic mass is 10.1. The Morgan fingerprint density at radius 2 is 1.89 bits per heavy atom. The van der Waals surface area contributed by atoms with Crippen molar-refractivity contribution in [3.8, 4) is 17.1 Å². The van der Waals surface area contributed by atoms with E-state index in [0.29, 0.717) is 40.9 Å². The van der Waals surface area contributed by atoms with Crippen LogP contribution < -0.4 is 4.74 Å². The predicted octanol–water partition coefficient (Wildman–Crippen LogP) is 4.29. The highest BCUT2D eigenvalue weighted by atomic mass is 35.5. The Bertz CT molecular complexity index is 941. The summed E-state index contributed by atoms with van der Waals surface area (Å²) >= 11 is 6.19. The maximum atomic E-state index is 13.0. The minimum Gasteiger partial charge on any atom is -0.496 e. The average Bonchev–Trinajstić information content (AvgIpc) is 3.19. The molecule has 0 fully saturated rings. The maximum Gasteiger partial charge on any atom is 0.255 e. The number of amides is 1. The number of carbonyl (C=O) groups is 1. The minimum atomic E-state index is -0.190. The summed E-state index contributed by atoms with van der Waals surface area (Å²) in [5.74, 6) is 1.07. The summed E-state index contributed by atoms with van der Waals surface area (Å²) in [6.07, 6.45) is 0. The SMILES string of the molecule is COCCN(Cc1cc(-c2ccccc2OC)on1)C(=O)c1ccccc1Cl. The van der Waals surface area contributed by atoms with Gasteiger partial charge in [-0.05, 0) is 24.3 Å². The van der Waals surface area contributed by atoms with Gasteiger partial charge in [-0.2, -0.15) is 0 Å². The molecule has 0 radical (unpaired) electrons. The van der Waals surface area contributed by atoms with E-state index in [1.165, 1.54) is 0 Å². The number of methoxy groups -OCH3 is 2. The van der Waals surface area contributed by atoms with Crippen molar-refractivity contribution in [2.75, 3.05) is 27.4 Å². The number of ether oxygens (including phenoxy) is 2. The molecule has 146 valence electrons. The number of halogens is 1. The minimum absolute atomic E-state index is 0.190. The number of hydrogen-bond donors (Lipinski definition) is 0. The smallest absolute Gasteiger partial charge is 0.255 e. The first-order chi connectivity index (χ1) is 13.6. The summed E-state index contributed by atoms with van der Waals surface area (Å²) in [4.78, 5) is 14.6. The van der Waals surface area contributed by atoms with Gasteiger partial charge >= 0.3 is 0 Å². The summed E-state index contributed by atoms with van der Waals surface area (Å²) in [7, 11) is 3.19. The maximum absolute atomic E-state index is 13.0. The van der Waals surface area contributed by atoms with Crippen molar-refractivity contribution >= 4 is 17.5 Å². The van der Waals surface area contributed by atoms with Crippen molar-refractivity contribution in [3.63, 3.8) is 0 Å². The molecule has 3 aromatic rings. The predicted molar refractivity (Wildman–Crippen MR) is 107 cm³/mol. The molecule has 0 atom stereocenters. The molecule has 0 aliphatic heterocycles. The highest BCUT2D eigenvalue weighted by molar-refractivity contribution is 6.33. The van der Waals surface area contributed by atoms with E-state index in [4.69, 9.17) is 25.6 Å². The van der Waals surface area contributed by atoms with Gasteiger partial charge in [0.1, 0.15) is 11.4 Å². The van der Waals surface area contributed by atoms with Crippen LogP contribution in [0.3, 0.4) is 0 Å². The van der Waals surface area contributed by atoms with E-state index in [2.05, 4.69) is 5.16 Å². The first kappa shape index (κ1) is 19.9. The summed E-state index contributed by atoms with van der Waals surface area (Å²) in [6.45, 7) is 1.07. The highest BCUT2D eigenvalue weighted by Crippen LogP contribution is 2.30. The molecule has 0 bridgehead atoms. The van der Waals surface area contributed by atoms with Crippen LogP contribution in [0.2, 0.25) is 5.02 Å². The molecule has 1 amide bonds. The van der Waals surface area contributed by atoms with Crippen molar-refractivity contribution in [2.45, 2.75) is 6.54 Å². The molecule has 0 saturated heterocycles. The number of benzene rings is 2. The second kappa shape index (κ2) is 9.39. The summed E-state index contributed by atoms with van der Waals surface area (Å²) in [6, 6.07) is 16.3. The molecule has 0 unspecified atom stereocenters. The number of rotatable bonds is 8. The number of aromatic nitrogens is 1. The molecular formula is C21H21ClN2O4. The summed E-state index contributed by atoms with van der Waals surface area (Å²) < 4.78 is 16.0. The van der Waals surface area contributed by atoms with Crippen LogP contribution in [-0.4, -0.2) is 43.3 Å². The fourth-order valence-corrected chi connectivity index (χ4v) is 3.03. The average molecular weight is 401 g/mol. The molecule has 0 N–H and O–H groups in total. The van der Waals surface area contributed by atoms with Gasteiger partial charge in [-0.3, -0.25) is 4.79 Å². The van der Waals surface area contributed by atoms with Crippen LogP contribution in [0, 0.1) is 0 Å². The highest BCUT2D eigenvalue weighted by Gasteiger charge is 2.20. The molecule has 7 heteroatoms. The van der Waals surface area contributed by atoms with E-state index in [9.17, 15) is 4.79 Å². The Morgan fingerprint density at radius 1 is 1.14 bits per heavy atom. The zero-order chi connectivity index (χ0) is 19.9. The molecule has 0 aliphatic rings. The van der Waals surface area contributed by atoms with E-state index < -0.39 is 0 Å². The Hall–Kier alpha value is -2.83. The quantitative estimate of drug-likeness (QED) is 0.564. The Balaban J connectivity index is 1.83. The van der Waals surface area contributed by atoms with Crippen LogP contribution in [0.1, 0.15) is 16.1 Å². The molecule has 2 aromatic carbocycles. The Kier molecular flexibility index (Phi) is 6.68. The van der Waals surface area contributed by atoms with Gasteiger partial charge in [0, 0.05) is 19.7 Å². The fraction of sp³-hybridized carbons (Fsp3) is 0.238. The van der Waals surface area contributed by atoms with Crippen LogP contribution in [-0.2, 0) is 11.3 Å². The van der Waals surface area contributed by atoms with Gasteiger partial charge in [-0.15, -0.1) is 0 Å². The summed E-state index contributed by atoms with van der Waals surface area (Å²) in [5, 5.41) is 4.52. The standard InChI is InChI=1S/C21H21ClN2O4/c1-26-12-11-24(21(25)16-7-3-5-9-18(16)22)14-15-13-20(28-23-15)17-8-4-6-10-19(17)27-2/h3-10,13H,11-12,14H2,1-2H3. The molecule has 28 heavy (non-hydrogen) atoms. The molecule has 1 aromatic heterocycles. The second-order valence-corrected chi connectivity index (χ2v) is 6.49. The number of para-hydroxylation sites is 1. The van der Waals surface area contributed by atoms with E-state index >= 15 is 0 Å². The van der Waals surface area contributed by atoms with E-state index in [1.807, 2.05) is 24.3 Å². The fourth-order valence-electron chi connectivity index (χ4n) is 2.82. The molecule has 0 aliphatic carbocycles. The lowest BCUT2D eigenvalue weighted by Crippen LogP contribution is -2.33. The van der Waals surface area contributed by atoms with Gasteiger partial charge in [-0.1, -0.05) is 41.0 Å². The molecule has 0 saturated carbocycles. The van der Waals surface area contributed by atoms with Gasteiger partial charge in [0.15, 0.2) is 5.76 Å². The van der Waals surface area contributed by atoms with E-state index in [0.717, 1.165) is 5.56 Å². The van der Waals surface area contributed by atoms with Gasteiger partial charge < -0.3 is 18.9 Å². The second-order valence-electron chi connectivity index (χ2n) is 6.08. The van der Waals surface area contributed by atoms with Crippen molar-refractivity contribution in [1.29, 1.82) is 0 Å². The molecular weight excluding hydrogens is 380 g/mol. The van der Waals surface area contributed by atoms with Crippen molar-refractivity contribution < 1.29 is 18.8 Å². The van der Waals surface area contributed by atoms with Crippen LogP contribution in [0.25, 0.3) is 11.3 Å². The third-order valence-corrected chi connectivity index (χ3v) is 4.57. The normalized spacial score (nSPS) is 10.7. The Labute approximate surface area is 168 Å². The zero-order valence-electron chi connectivity index (χ0n) is 15.7. The third kappa shape index (κ3) is 4.52. The Morgan fingerprint density at radius 3 is 2.64 bits per heavy atom. The van der Waals surface area contributed by atoms with Gasteiger partial charge in [0.2, 0.25) is 0 Å². The van der Waals surface area contributed by atoms with Crippen LogP contribution in [0.15, 0.2) is 59.1 Å². The number of carbonyl (C=O) groups excluding carboxylic acids is 1. The van der Waals surface area contributed by atoms with Gasteiger partial charge in [0.25, 0.3) is 5.91 Å². The van der Waals surface area contributed by atoms with Crippen molar-refractivity contribution in [2.24, 2.45) is 0 Å². The van der Waals surface area contributed by atoms with Crippen LogP contribution in [0.4, 0.5) is 0 Å². The molecule has 0 spiro atoms. The topological polar surface area (TPSA) is 64.8 Å². The number of nitrogens with zero attached hydrogens (tertiary/aromatic N) is 2. The zero-order valence-corrected chi connectivity index (χ0v) is 16.5. The van der Waals surface area contributed by atoms with E-state index in [-0.39, 0.29) is 12.5 Å².